The fraction of sp³-hybridized carbons (Fsp3) is 0.400. The van der Waals surface area contributed by atoms with E-state index in [9.17, 15) is 9.59 Å². The van der Waals surface area contributed by atoms with Crippen LogP contribution in [0, 0.1) is 5.92 Å². The highest BCUT2D eigenvalue weighted by molar-refractivity contribution is 5.87. The zero-order valence-electron chi connectivity index (χ0n) is 19.6. The number of aromatic nitrogens is 2. The summed E-state index contributed by atoms with van der Waals surface area (Å²) in [6.07, 6.45) is 2.63. The Morgan fingerprint density at radius 3 is 2.42 bits per heavy atom. The topological polar surface area (TPSA) is 87.8 Å². The molecule has 8 heteroatoms. The zero-order valence-corrected chi connectivity index (χ0v) is 19.6. The molecule has 0 radical (unpaired) electrons. The number of amides is 1. The minimum atomic E-state index is -0.257. The quantitative estimate of drug-likeness (QED) is 0.620. The Kier molecular flexibility index (Phi) is 6.53. The Morgan fingerprint density at radius 2 is 1.82 bits per heavy atom. The van der Waals surface area contributed by atoms with Crippen molar-refractivity contribution in [1.29, 1.82) is 0 Å². The van der Waals surface area contributed by atoms with Gasteiger partial charge in [0.05, 0.1) is 19.7 Å². The molecule has 0 bridgehead atoms. The maximum atomic E-state index is 12.8. The number of nitrogens with zero attached hydrogens (tertiary/aromatic N) is 3. The van der Waals surface area contributed by atoms with Gasteiger partial charge in [-0.1, -0.05) is 0 Å². The second-order valence-corrected chi connectivity index (χ2v) is 8.61. The Bertz CT molecular complexity index is 1200. The summed E-state index contributed by atoms with van der Waals surface area (Å²) >= 11 is 0. The van der Waals surface area contributed by atoms with Gasteiger partial charge in [-0.15, -0.1) is 0 Å². The predicted octanol–water partition coefficient (Wildman–Crippen LogP) is 3.30. The largest absolute Gasteiger partial charge is 0.497 e. The number of carbonyl (C=O) groups is 1. The van der Waals surface area contributed by atoms with E-state index < -0.39 is 0 Å². The van der Waals surface area contributed by atoms with Gasteiger partial charge >= 0.3 is 0 Å². The van der Waals surface area contributed by atoms with E-state index in [4.69, 9.17) is 9.47 Å². The number of hydrogen-bond donors (Lipinski definition) is 1. The normalized spacial score (nSPS) is 14.4. The third-order valence-electron chi connectivity index (χ3n) is 6.28. The summed E-state index contributed by atoms with van der Waals surface area (Å²) in [6.45, 7) is 1.85. The van der Waals surface area contributed by atoms with E-state index in [1.54, 1.807) is 24.1 Å². The monoisotopic (exact) mass is 450 g/mol. The average Bonchev–Trinajstić information content (AvgIpc) is 2.83. The van der Waals surface area contributed by atoms with Crippen molar-refractivity contribution in [3.63, 3.8) is 0 Å². The Morgan fingerprint density at radius 1 is 1.12 bits per heavy atom. The van der Waals surface area contributed by atoms with Crippen LogP contribution >= 0.6 is 0 Å². The van der Waals surface area contributed by atoms with Crippen LogP contribution in [0.3, 0.4) is 0 Å². The van der Waals surface area contributed by atoms with E-state index in [0.717, 1.165) is 37.2 Å². The summed E-state index contributed by atoms with van der Waals surface area (Å²) in [6, 6.07) is 11.5. The number of benzene rings is 2. The molecule has 1 N–H and O–H groups in total. The second kappa shape index (κ2) is 9.52. The molecule has 4 rings (SSSR count). The van der Waals surface area contributed by atoms with E-state index in [-0.39, 0.29) is 11.5 Å². The van der Waals surface area contributed by atoms with Crippen molar-refractivity contribution in [3.8, 4) is 22.9 Å². The van der Waals surface area contributed by atoms with E-state index in [2.05, 4.69) is 27.0 Å². The van der Waals surface area contributed by atoms with Crippen LogP contribution < -0.4 is 19.9 Å². The van der Waals surface area contributed by atoms with Crippen LogP contribution in [0.25, 0.3) is 22.3 Å². The lowest BCUT2D eigenvalue weighted by Crippen LogP contribution is -2.35. The number of carbonyl (C=O) groups excluding carboxylic acids is 1. The molecule has 1 saturated heterocycles. The van der Waals surface area contributed by atoms with E-state index >= 15 is 0 Å². The van der Waals surface area contributed by atoms with Gasteiger partial charge < -0.3 is 24.3 Å². The smallest absolute Gasteiger partial charge is 0.262 e. The predicted molar refractivity (Wildman–Crippen MR) is 129 cm³/mol. The minimum absolute atomic E-state index is 0.199. The van der Waals surface area contributed by atoms with Crippen LogP contribution in [-0.2, 0) is 4.79 Å². The molecule has 0 unspecified atom stereocenters. The second-order valence-electron chi connectivity index (χ2n) is 8.61. The van der Waals surface area contributed by atoms with Gasteiger partial charge in [0.25, 0.3) is 5.56 Å². The number of piperidine rings is 1. The fourth-order valence-electron chi connectivity index (χ4n) is 4.28. The van der Waals surface area contributed by atoms with Crippen LogP contribution in [0.5, 0.6) is 11.5 Å². The summed E-state index contributed by atoms with van der Waals surface area (Å²) in [5.74, 6) is 2.14. The van der Waals surface area contributed by atoms with Crippen LogP contribution in [0.4, 0.5) is 5.69 Å². The first kappa shape index (κ1) is 22.6. The van der Waals surface area contributed by atoms with Crippen molar-refractivity contribution in [3.05, 3.63) is 46.8 Å². The van der Waals surface area contributed by atoms with E-state index in [1.165, 1.54) is 7.11 Å². The van der Waals surface area contributed by atoms with Gasteiger partial charge in [0.2, 0.25) is 5.91 Å². The molecule has 1 aromatic heterocycles. The molecular weight excluding hydrogens is 420 g/mol. The lowest BCUT2D eigenvalue weighted by Gasteiger charge is -2.33. The molecule has 33 heavy (non-hydrogen) atoms. The number of rotatable bonds is 6. The molecule has 174 valence electrons. The van der Waals surface area contributed by atoms with Gasteiger partial charge in [-0.25, -0.2) is 4.98 Å². The number of fused-ring (bicyclic) bond motifs is 1. The molecule has 0 spiro atoms. The van der Waals surface area contributed by atoms with Crippen LogP contribution in [0.2, 0.25) is 0 Å². The number of nitrogens with one attached hydrogen (secondary N) is 1. The minimum Gasteiger partial charge on any atom is -0.497 e. The van der Waals surface area contributed by atoms with Crippen LogP contribution in [-0.4, -0.2) is 62.2 Å². The fourth-order valence-corrected chi connectivity index (χ4v) is 4.28. The van der Waals surface area contributed by atoms with Gasteiger partial charge in [0.15, 0.2) is 0 Å². The summed E-state index contributed by atoms with van der Waals surface area (Å²) in [5, 5.41) is 0.397. The zero-order chi connectivity index (χ0) is 23.5. The third-order valence-corrected chi connectivity index (χ3v) is 6.28. The van der Waals surface area contributed by atoms with Gasteiger partial charge in [0.1, 0.15) is 22.7 Å². The molecular formula is C25H30N4O4. The first-order valence-electron chi connectivity index (χ1n) is 11.1. The summed E-state index contributed by atoms with van der Waals surface area (Å²) in [7, 11) is 6.70. The molecule has 8 nitrogen and oxygen atoms in total. The van der Waals surface area contributed by atoms with Crippen LogP contribution in [0.15, 0.2) is 41.2 Å². The number of anilines is 1. The van der Waals surface area contributed by atoms with Crippen molar-refractivity contribution in [2.45, 2.75) is 19.3 Å². The first-order chi connectivity index (χ1) is 15.9. The van der Waals surface area contributed by atoms with Crippen molar-refractivity contribution in [1.82, 2.24) is 14.9 Å². The van der Waals surface area contributed by atoms with E-state index in [1.807, 2.05) is 26.2 Å². The molecule has 3 aromatic rings. The van der Waals surface area contributed by atoms with Gasteiger partial charge in [0, 0.05) is 57.0 Å². The Hall–Kier alpha value is -3.55. The number of ether oxygens (including phenoxy) is 2. The maximum Gasteiger partial charge on any atom is 0.262 e. The van der Waals surface area contributed by atoms with Gasteiger partial charge in [-0.2, -0.15) is 0 Å². The average molecular weight is 451 g/mol. The van der Waals surface area contributed by atoms with Crippen molar-refractivity contribution < 1.29 is 14.3 Å². The highest BCUT2D eigenvalue weighted by atomic mass is 16.5. The SMILES string of the molecule is COc1cc(OC)c2c(=O)[nH]c(-c3ccc(N4CCC(CC(=O)N(C)C)CC4)cc3)nc2c1. The lowest BCUT2D eigenvalue weighted by molar-refractivity contribution is -0.129. The molecule has 1 aliphatic heterocycles. The van der Waals surface area contributed by atoms with Crippen molar-refractivity contribution in [2.75, 3.05) is 46.3 Å². The maximum absolute atomic E-state index is 12.8. The number of H-pyrrole nitrogens is 1. The van der Waals surface area contributed by atoms with Gasteiger partial charge in [-0.05, 0) is 43.0 Å². The van der Waals surface area contributed by atoms with Crippen LogP contribution in [0.1, 0.15) is 19.3 Å². The number of hydrogen-bond acceptors (Lipinski definition) is 6. The Balaban J connectivity index is 1.52. The molecule has 1 amide bonds. The van der Waals surface area contributed by atoms with Crippen molar-refractivity contribution >= 4 is 22.5 Å². The molecule has 0 atom stereocenters. The van der Waals surface area contributed by atoms with E-state index in [0.29, 0.717) is 40.6 Å². The standard InChI is InChI=1S/C25H30N4O4/c1-28(2)22(30)13-16-9-11-29(12-10-16)18-7-5-17(6-8-18)24-26-20-14-19(32-3)15-21(33-4)23(20)25(31)27-24/h5-8,14-16H,9-13H2,1-4H3,(H,26,27,31). The molecule has 1 aliphatic rings. The highest BCUT2D eigenvalue weighted by Gasteiger charge is 2.22. The first-order valence-corrected chi connectivity index (χ1v) is 11.1. The number of methoxy groups -OCH3 is 2. The molecule has 2 aromatic carbocycles. The lowest BCUT2D eigenvalue weighted by atomic mass is 9.92. The number of aromatic amines is 1. The third kappa shape index (κ3) is 4.79. The molecule has 1 fully saturated rings. The molecule has 0 aliphatic carbocycles. The van der Waals surface area contributed by atoms with Gasteiger partial charge in [-0.3, -0.25) is 9.59 Å². The summed E-state index contributed by atoms with van der Waals surface area (Å²) in [5.41, 5.74) is 2.21. The molecule has 0 saturated carbocycles. The highest BCUT2D eigenvalue weighted by Crippen LogP contribution is 2.30. The summed E-state index contributed by atoms with van der Waals surface area (Å²) < 4.78 is 10.7. The summed E-state index contributed by atoms with van der Waals surface area (Å²) in [4.78, 5) is 36.3. The Labute approximate surface area is 193 Å². The van der Waals surface area contributed by atoms with Crippen molar-refractivity contribution in [2.24, 2.45) is 5.92 Å². The molecule has 2 heterocycles.